The lowest BCUT2D eigenvalue weighted by Crippen LogP contribution is -1.55. The fourth-order valence-corrected chi connectivity index (χ4v) is 0.560. The molecule has 0 saturated carbocycles. The molecule has 0 radical (unpaired) electrons. The first-order valence-electron chi connectivity index (χ1n) is 2.10. The molecule has 0 unspecified atom stereocenters. The summed E-state index contributed by atoms with van der Waals surface area (Å²) in [6, 6.07) is 9.44. The zero-order chi connectivity index (χ0) is 5.11. The first-order valence-corrected chi connectivity index (χ1v) is 2.48. The SMILES string of the molecule is Clc1ccccc1.[MgH2].[MgH2]. The van der Waals surface area contributed by atoms with Gasteiger partial charge in [0.05, 0.1) is 0 Å². The Kier molecular flexibility index (Phi) is 10.1. The molecule has 0 aliphatic carbocycles. The van der Waals surface area contributed by atoms with Crippen LogP contribution in [0.25, 0.3) is 0 Å². The summed E-state index contributed by atoms with van der Waals surface area (Å²) in [6.45, 7) is 0. The van der Waals surface area contributed by atoms with Crippen molar-refractivity contribution in [2.24, 2.45) is 0 Å². The van der Waals surface area contributed by atoms with E-state index in [2.05, 4.69) is 0 Å². The average molecular weight is 165 g/mol. The van der Waals surface area contributed by atoms with Gasteiger partial charge in [-0.3, -0.25) is 0 Å². The van der Waals surface area contributed by atoms with Crippen LogP contribution in [-0.2, 0) is 0 Å². The van der Waals surface area contributed by atoms with Gasteiger partial charge in [-0.15, -0.1) is 0 Å². The maximum absolute atomic E-state index is 5.54. The first kappa shape index (κ1) is 12.7. The van der Waals surface area contributed by atoms with Gasteiger partial charge in [0.15, 0.2) is 0 Å². The largest absolute Gasteiger partial charge is 0.316 e. The van der Waals surface area contributed by atoms with Crippen molar-refractivity contribution in [3.05, 3.63) is 35.4 Å². The van der Waals surface area contributed by atoms with E-state index in [0.717, 1.165) is 5.02 Å². The number of halogens is 1. The standard InChI is InChI=1S/C6H5Cl.2Mg.4H/c7-6-4-2-1-3-5-6;;;;;;/h1-5H;;;;;;. The molecule has 0 nitrogen and oxygen atoms in total. The minimum absolute atomic E-state index is 0. The summed E-state index contributed by atoms with van der Waals surface area (Å²) in [5.74, 6) is 0. The van der Waals surface area contributed by atoms with Crippen LogP contribution >= 0.6 is 11.6 Å². The second-order valence-corrected chi connectivity index (χ2v) is 1.73. The molecule has 0 N–H and O–H groups in total. The number of rotatable bonds is 0. The number of benzene rings is 1. The van der Waals surface area contributed by atoms with Gasteiger partial charge >= 0.3 is 46.1 Å². The maximum atomic E-state index is 5.54. The number of hydrogen-bond acceptors (Lipinski definition) is 0. The van der Waals surface area contributed by atoms with Crippen LogP contribution in [0.3, 0.4) is 0 Å². The third kappa shape index (κ3) is 5.48. The molecule has 0 saturated heterocycles. The highest BCUT2D eigenvalue weighted by molar-refractivity contribution is 6.30. The lowest BCUT2D eigenvalue weighted by atomic mass is 10.4. The van der Waals surface area contributed by atoms with Gasteiger partial charge in [0.2, 0.25) is 0 Å². The zero-order valence-electron chi connectivity index (χ0n) is 3.76. The van der Waals surface area contributed by atoms with Gasteiger partial charge in [0.25, 0.3) is 0 Å². The van der Waals surface area contributed by atoms with Crippen LogP contribution in [0, 0.1) is 0 Å². The van der Waals surface area contributed by atoms with Crippen LogP contribution in [0.5, 0.6) is 0 Å². The van der Waals surface area contributed by atoms with Gasteiger partial charge in [-0.2, -0.15) is 0 Å². The van der Waals surface area contributed by atoms with Crippen LogP contribution in [0.4, 0.5) is 0 Å². The fourth-order valence-electron chi connectivity index (χ4n) is 0.415. The molecule has 1 rings (SSSR count). The van der Waals surface area contributed by atoms with Crippen LogP contribution in [0.15, 0.2) is 30.3 Å². The minimum atomic E-state index is 0. The van der Waals surface area contributed by atoms with Crippen LogP contribution < -0.4 is 0 Å². The van der Waals surface area contributed by atoms with Crippen molar-refractivity contribution in [1.82, 2.24) is 0 Å². The molecular weight excluding hydrogens is 156 g/mol. The van der Waals surface area contributed by atoms with E-state index in [1.165, 1.54) is 0 Å². The molecule has 0 spiro atoms. The molecular formula is C6H9ClMg2. The first-order chi connectivity index (χ1) is 3.39. The summed E-state index contributed by atoms with van der Waals surface area (Å²) in [4.78, 5) is 0. The Hall–Kier alpha value is 1.04. The Morgan fingerprint density at radius 3 is 1.56 bits per heavy atom. The predicted molar refractivity (Wildman–Crippen MR) is 48.5 cm³/mol. The van der Waals surface area contributed by atoms with E-state index >= 15 is 0 Å². The van der Waals surface area contributed by atoms with E-state index in [0.29, 0.717) is 0 Å². The predicted octanol–water partition coefficient (Wildman–Crippen LogP) is 0.508. The second-order valence-electron chi connectivity index (χ2n) is 1.30. The van der Waals surface area contributed by atoms with E-state index in [9.17, 15) is 0 Å². The van der Waals surface area contributed by atoms with Crippen LogP contribution in [0.1, 0.15) is 0 Å². The highest BCUT2D eigenvalue weighted by Gasteiger charge is 1.74. The summed E-state index contributed by atoms with van der Waals surface area (Å²) in [7, 11) is 0. The lowest BCUT2D eigenvalue weighted by molar-refractivity contribution is 1.71. The van der Waals surface area contributed by atoms with Crippen molar-refractivity contribution >= 4 is 57.7 Å². The fraction of sp³-hybridized carbons (Fsp3) is 0. The minimum Gasteiger partial charge on any atom is -0.0843 e. The van der Waals surface area contributed by atoms with E-state index < -0.39 is 0 Å². The second kappa shape index (κ2) is 7.15. The zero-order valence-corrected chi connectivity index (χ0v) is 4.52. The Bertz CT molecular complexity index is 141. The van der Waals surface area contributed by atoms with Crippen LogP contribution in [0.2, 0.25) is 5.02 Å². The molecule has 0 fully saturated rings. The molecule has 0 aromatic heterocycles. The summed E-state index contributed by atoms with van der Waals surface area (Å²) < 4.78 is 0. The monoisotopic (exact) mass is 164 g/mol. The lowest BCUT2D eigenvalue weighted by Gasteiger charge is -1.80. The molecule has 0 atom stereocenters. The van der Waals surface area contributed by atoms with Gasteiger partial charge in [0, 0.05) is 5.02 Å². The molecule has 1 aromatic rings. The molecule has 0 heterocycles. The van der Waals surface area contributed by atoms with E-state index in [1.54, 1.807) is 0 Å². The third-order valence-corrected chi connectivity index (χ3v) is 0.985. The average Bonchev–Trinajstić information content (AvgIpc) is 1.69. The Morgan fingerprint density at radius 2 is 1.33 bits per heavy atom. The molecule has 0 aliphatic heterocycles. The Morgan fingerprint density at radius 1 is 0.889 bits per heavy atom. The molecule has 0 aliphatic rings. The third-order valence-electron chi connectivity index (χ3n) is 0.733. The van der Waals surface area contributed by atoms with Gasteiger partial charge in [-0.25, -0.2) is 0 Å². The summed E-state index contributed by atoms with van der Waals surface area (Å²) >= 11 is 5.54. The van der Waals surface area contributed by atoms with Gasteiger partial charge in [-0.1, -0.05) is 29.8 Å². The molecule has 9 heavy (non-hydrogen) atoms. The van der Waals surface area contributed by atoms with Crippen LogP contribution in [-0.4, -0.2) is 46.1 Å². The van der Waals surface area contributed by atoms with Crippen molar-refractivity contribution < 1.29 is 0 Å². The van der Waals surface area contributed by atoms with Gasteiger partial charge < -0.3 is 0 Å². The van der Waals surface area contributed by atoms with Crippen molar-refractivity contribution in [2.45, 2.75) is 0 Å². The highest BCUT2D eigenvalue weighted by Crippen LogP contribution is 2.03. The normalized spacial score (nSPS) is 6.78. The quantitative estimate of drug-likeness (QED) is 0.491. The summed E-state index contributed by atoms with van der Waals surface area (Å²) in [5.41, 5.74) is 0. The van der Waals surface area contributed by atoms with Crippen molar-refractivity contribution in [2.75, 3.05) is 0 Å². The van der Waals surface area contributed by atoms with E-state index in [4.69, 9.17) is 11.6 Å². The molecule has 44 valence electrons. The molecule has 3 heteroatoms. The highest BCUT2D eigenvalue weighted by atomic mass is 35.5. The summed E-state index contributed by atoms with van der Waals surface area (Å²) in [6.07, 6.45) is 0. The summed E-state index contributed by atoms with van der Waals surface area (Å²) in [5, 5.41) is 0.794. The Labute approximate surface area is 92.3 Å². The smallest absolute Gasteiger partial charge is 0.0843 e. The Balaban J connectivity index is 0. The van der Waals surface area contributed by atoms with E-state index in [-0.39, 0.29) is 46.1 Å². The molecule has 0 amide bonds. The topological polar surface area (TPSA) is 0 Å². The van der Waals surface area contributed by atoms with Crippen molar-refractivity contribution in [3.63, 3.8) is 0 Å². The number of hydrogen-bond donors (Lipinski definition) is 0. The van der Waals surface area contributed by atoms with E-state index in [1.807, 2.05) is 30.3 Å². The maximum Gasteiger partial charge on any atom is 0.316 e. The molecule has 1 aromatic carbocycles. The van der Waals surface area contributed by atoms with Gasteiger partial charge in [0.1, 0.15) is 0 Å². The molecule has 0 bridgehead atoms. The van der Waals surface area contributed by atoms with Crippen molar-refractivity contribution in [3.8, 4) is 0 Å². The van der Waals surface area contributed by atoms with Gasteiger partial charge in [-0.05, 0) is 12.1 Å². The van der Waals surface area contributed by atoms with Crippen molar-refractivity contribution in [1.29, 1.82) is 0 Å².